The van der Waals surface area contributed by atoms with Crippen LogP contribution in [-0.4, -0.2) is 13.0 Å². The van der Waals surface area contributed by atoms with Crippen LogP contribution in [-0.2, 0) is 0 Å². The number of carbonyl (C=O) groups excluding carboxylic acids is 1. The minimum absolute atomic E-state index is 0.235. The smallest absolute Gasteiger partial charge is 0.259 e. The quantitative estimate of drug-likeness (QED) is 0.829. The Hall–Kier alpha value is -1.52. The summed E-state index contributed by atoms with van der Waals surface area (Å²) in [5.41, 5.74) is 2.88. The number of anilines is 1. The monoisotopic (exact) mass is 367 g/mol. The zero-order valence-corrected chi connectivity index (χ0v) is 14.3. The summed E-state index contributed by atoms with van der Waals surface area (Å²) in [6.07, 6.45) is 0. The first-order chi connectivity index (χ1) is 9.93. The second-order valence-electron chi connectivity index (χ2n) is 4.67. The van der Waals surface area contributed by atoms with Gasteiger partial charge in [-0.2, -0.15) is 0 Å². The van der Waals surface area contributed by atoms with Gasteiger partial charge in [-0.25, -0.2) is 0 Å². The number of ether oxygens (including phenoxy) is 1. The Kier molecular flexibility index (Phi) is 4.91. The lowest BCUT2D eigenvalue weighted by molar-refractivity contribution is 0.102. The van der Waals surface area contributed by atoms with Crippen molar-refractivity contribution in [1.29, 1.82) is 0 Å². The van der Waals surface area contributed by atoms with E-state index < -0.39 is 0 Å². The molecule has 2 aromatic rings. The van der Waals surface area contributed by atoms with E-state index in [-0.39, 0.29) is 5.91 Å². The van der Waals surface area contributed by atoms with Gasteiger partial charge in [0.05, 0.1) is 12.7 Å². The number of carbonyl (C=O) groups is 1. The van der Waals surface area contributed by atoms with Crippen molar-refractivity contribution in [1.82, 2.24) is 0 Å². The molecule has 5 heteroatoms. The van der Waals surface area contributed by atoms with Crippen molar-refractivity contribution < 1.29 is 9.53 Å². The van der Waals surface area contributed by atoms with Crippen molar-refractivity contribution in [2.24, 2.45) is 0 Å². The second-order valence-corrected chi connectivity index (χ2v) is 5.99. The molecule has 0 radical (unpaired) electrons. The fourth-order valence-corrected chi connectivity index (χ4v) is 2.85. The van der Waals surface area contributed by atoms with E-state index in [2.05, 4.69) is 21.2 Å². The number of benzene rings is 2. The van der Waals surface area contributed by atoms with Crippen LogP contribution in [0.5, 0.6) is 5.75 Å². The van der Waals surface area contributed by atoms with Crippen molar-refractivity contribution >= 4 is 39.1 Å². The number of amides is 1. The van der Waals surface area contributed by atoms with E-state index in [1.54, 1.807) is 25.3 Å². The molecule has 0 saturated carbocycles. The highest BCUT2D eigenvalue weighted by Crippen LogP contribution is 2.29. The van der Waals surface area contributed by atoms with Crippen molar-refractivity contribution in [3.8, 4) is 5.75 Å². The number of hydrogen-bond donors (Lipinski definition) is 1. The van der Waals surface area contributed by atoms with Crippen LogP contribution < -0.4 is 10.1 Å². The number of aryl methyl sites for hydroxylation is 1. The summed E-state index contributed by atoms with van der Waals surface area (Å²) < 4.78 is 6.16. The Balaban J connectivity index is 2.39. The van der Waals surface area contributed by atoms with Crippen LogP contribution in [0.3, 0.4) is 0 Å². The topological polar surface area (TPSA) is 38.3 Å². The van der Waals surface area contributed by atoms with E-state index in [4.69, 9.17) is 16.3 Å². The van der Waals surface area contributed by atoms with Gasteiger partial charge in [-0.15, -0.1) is 0 Å². The molecule has 21 heavy (non-hydrogen) atoms. The van der Waals surface area contributed by atoms with Gasteiger partial charge in [-0.1, -0.05) is 33.6 Å². The number of rotatable bonds is 3. The summed E-state index contributed by atoms with van der Waals surface area (Å²) in [7, 11) is 1.55. The summed E-state index contributed by atoms with van der Waals surface area (Å²) >= 11 is 9.47. The average molecular weight is 369 g/mol. The largest absolute Gasteiger partial charge is 0.496 e. The van der Waals surface area contributed by atoms with Crippen molar-refractivity contribution in [3.05, 3.63) is 56.5 Å². The van der Waals surface area contributed by atoms with Gasteiger partial charge in [0.15, 0.2) is 0 Å². The standard InChI is InChI=1S/C16H15BrClNO2/c1-9-7-11(17)8-12(15(9)21-3)16(20)19-14-6-4-5-13(18)10(14)2/h4-8H,1-3H3,(H,19,20). The molecular weight excluding hydrogens is 354 g/mol. The Morgan fingerprint density at radius 2 is 2.00 bits per heavy atom. The second kappa shape index (κ2) is 6.50. The molecule has 0 atom stereocenters. The predicted octanol–water partition coefficient (Wildman–Crippen LogP) is 4.98. The third-order valence-electron chi connectivity index (χ3n) is 3.20. The highest BCUT2D eigenvalue weighted by atomic mass is 79.9. The molecule has 0 unspecified atom stereocenters. The molecule has 0 spiro atoms. The van der Waals surface area contributed by atoms with Crippen molar-refractivity contribution in [2.75, 3.05) is 12.4 Å². The number of nitrogens with one attached hydrogen (secondary N) is 1. The lowest BCUT2D eigenvalue weighted by Crippen LogP contribution is -2.14. The summed E-state index contributed by atoms with van der Waals surface area (Å²) in [6.45, 7) is 3.76. The first-order valence-corrected chi connectivity index (χ1v) is 7.51. The Morgan fingerprint density at radius 3 is 2.67 bits per heavy atom. The molecule has 110 valence electrons. The van der Waals surface area contributed by atoms with Crippen LogP contribution in [0.4, 0.5) is 5.69 Å². The van der Waals surface area contributed by atoms with Crippen molar-refractivity contribution in [2.45, 2.75) is 13.8 Å². The van der Waals surface area contributed by atoms with Gasteiger partial charge >= 0.3 is 0 Å². The minimum atomic E-state index is -0.235. The van der Waals surface area contributed by atoms with Gasteiger partial charge in [-0.05, 0) is 49.2 Å². The summed E-state index contributed by atoms with van der Waals surface area (Å²) in [6, 6.07) is 9.04. The van der Waals surface area contributed by atoms with Gasteiger partial charge in [0.1, 0.15) is 5.75 Å². The maximum atomic E-state index is 12.5. The van der Waals surface area contributed by atoms with E-state index >= 15 is 0 Å². The number of hydrogen-bond acceptors (Lipinski definition) is 2. The third-order valence-corrected chi connectivity index (χ3v) is 4.07. The maximum absolute atomic E-state index is 12.5. The van der Waals surface area contributed by atoms with Gasteiger partial charge in [0.2, 0.25) is 0 Å². The minimum Gasteiger partial charge on any atom is -0.496 e. The first-order valence-electron chi connectivity index (χ1n) is 6.34. The fourth-order valence-electron chi connectivity index (χ4n) is 2.10. The molecule has 2 rings (SSSR count). The summed E-state index contributed by atoms with van der Waals surface area (Å²) in [4.78, 5) is 12.5. The van der Waals surface area contributed by atoms with Crippen molar-refractivity contribution in [3.63, 3.8) is 0 Å². The van der Waals surface area contributed by atoms with Gasteiger partial charge in [0.25, 0.3) is 5.91 Å². The molecule has 0 bridgehead atoms. The van der Waals surface area contributed by atoms with Gasteiger partial charge in [-0.3, -0.25) is 4.79 Å². The molecular formula is C16H15BrClNO2. The van der Waals surface area contributed by atoms with Crippen LogP contribution in [0.1, 0.15) is 21.5 Å². The normalized spacial score (nSPS) is 10.3. The molecule has 0 aliphatic rings. The molecule has 3 nitrogen and oxygen atoms in total. The van der Waals surface area contributed by atoms with E-state index in [1.165, 1.54) is 0 Å². The number of methoxy groups -OCH3 is 1. The van der Waals surface area contributed by atoms with E-state index in [9.17, 15) is 4.79 Å². The molecule has 0 aliphatic heterocycles. The SMILES string of the molecule is COc1c(C)cc(Br)cc1C(=O)Nc1cccc(Cl)c1C. The molecule has 0 heterocycles. The lowest BCUT2D eigenvalue weighted by Gasteiger charge is -2.14. The summed E-state index contributed by atoms with van der Waals surface area (Å²) in [5, 5.41) is 3.49. The van der Waals surface area contributed by atoms with E-state index in [1.807, 2.05) is 26.0 Å². The van der Waals surface area contributed by atoms with E-state index in [0.717, 1.165) is 15.6 Å². The lowest BCUT2D eigenvalue weighted by atomic mass is 10.1. The molecule has 1 amide bonds. The zero-order valence-electron chi connectivity index (χ0n) is 12.0. The molecule has 0 saturated heterocycles. The first kappa shape index (κ1) is 15.9. The highest BCUT2D eigenvalue weighted by molar-refractivity contribution is 9.10. The highest BCUT2D eigenvalue weighted by Gasteiger charge is 2.16. The van der Waals surface area contributed by atoms with Gasteiger partial charge < -0.3 is 10.1 Å². The predicted molar refractivity (Wildman–Crippen MR) is 89.6 cm³/mol. The van der Waals surface area contributed by atoms with Crippen LogP contribution in [0.25, 0.3) is 0 Å². The van der Waals surface area contributed by atoms with Crippen LogP contribution >= 0.6 is 27.5 Å². The van der Waals surface area contributed by atoms with E-state index in [0.29, 0.717) is 22.0 Å². The Bertz CT molecular complexity index is 701. The van der Waals surface area contributed by atoms with Crippen LogP contribution in [0, 0.1) is 13.8 Å². The third kappa shape index (κ3) is 3.39. The fraction of sp³-hybridized carbons (Fsp3) is 0.188. The van der Waals surface area contributed by atoms with Gasteiger partial charge in [0, 0.05) is 15.2 Å². The number of halogens is 2. The Labute approximate surface area is 137 Å². The van der Waals surface area contributed by atoms with Crippen LogP contribution in [0.2, 0.25) is 5.02 Å². The summed E-state index contributed by atoms with van der Waals surface area (Å²) in [5.74, 6) is 0.331. The van der Waals surface area contributed by atoms with Crippen LogP contribution in [0.15, 0.2) is 34.8 Å². The average Bonchev–Trinajstić information content (AvgIpc) is 2.43. The molecule has 0 aromatic heterocycles. The molecule has 1 N–H and O–H groups in total. The molecule has 2 aromatic carbocycles. The zero-order chi connectivity index (χ0) is 15.6. The molecule has 0 aliphatic carbocycles. The maximum Gasteiger partial charge on any atom is 0.259 e. The Morgan fingerprint density at radius 1 is 1.29 bits per heavy atom. The molecule has 0 fully saturated rings.